The van der Waals surface area contributed by atoms with Crippen molar-refractivity contribution in [2.24, 2.45) is 5.73 Å². The number of sulfone groups is 1. The highest BCUT2D eigenvalue weighted by Gasteiger charge is 2.25. The predicted octanol–water partition coefficient (Wildman–Crippen LogP) is 0.937. The van der Waals surface area contributed by atoms with Crippen LogP contribution in [-0.4, -0.2) is 25.5 Å². The maximum Gasteiger partial charge on any atom is 0.155 e. The van der Waals surface area contributed by atoms with Crippen molar-refractivity contribution < 1.29 is 8.42 Å². The van der Waals surface area contributed by atoms with Crippen molar-refractivity contribution in [2.45, 2.75) is 44.1 Å². The Morgan fingerprint density at radius 1 is 1.25 bits per heavy atom. The Morgan fingerprint density at radius 2 is 1.75 bits per heavy atom. The first-order chi connectivity index (χ1) is 5.46. The molecule has 0 fully saturated rings. The van der Waals surface area contributed by atoms with Crippen LogP contribution in [0.2, 0.25) is 0 Å². The van der Waals surface area contributed by atoms with Gasteiger partial charge in [-0.25, -0.2) is 8.42 Å². The third-order valence-corrected chi connectivity index (χ3v) is 5.08. The highest BCUT2D eigenvalue weighted by atomic mass is 32.2. The lowest BCUT2D eigenvalue weighted by molar-refractivity contribution is 0.563. The molecule has 12 heavy (non-hydrogen) atoms. The maximum atomic E-state index is 11.6. The van der Waals surface area contributed by atoms with E-state index in [0.717, 1.165) is 0 Å². The highest BCUT2D eigenvalue weighted by Crippen LogP contribution is 2.14. The van der Waals surface area contributed by atoms with Crippen LogP contribution in [0.3, 0.4) is 0 Å². The lowest BCUT2D eigenvalue weighted by Crippen LogP contribution is -2.29. The molecule has 3 nitrogen and oxygen atoms in total. The molecule has 0 aliphatic heterocycles. The molecule has 2 atom stereocenters. The summed E-state index contributed by atoms with van der Waals surface area (Å²) in [5.41, 5.74) is 5.30. The molecule has 0 aliphatic rings. The van der Waals surface area contributed by atoms with Crippen molar-refractivity contribution >= 4 is 9.84 Å². The van der Waals surface area contributed by atoms with Gasteiger partial charge in [-0.05, 0) is 33.2 Å². The molecule has 0 spiro atoms. The summed E-state index contributed by atoms with van der Waals surface area (Å²) in [7, 11) is -2.93. The molecule has 0 amide bonds. The quantitative estimate of drug-likeness (QED) is 0.707. The Kier molecular flexibility index (Phi) is 4.78. The summed E-state index contributed by atoms with van der Waals surface area (Å²) < 4.78 is 23.2. The fourth-order valence-corrected chi connectivity index (χ4v) is 2.75. The molecular formula is C8H19NO2S. The van der Waals surface area contributed by atoms with Crippen molar-refractivity contribution in [2.75, 3.05) is 6.54 Å². The van der Waals surface area contributed by atoms with Gasteiger partial charge in [-0.3, -0.25) is 0 Å². The molecule has 0 bridgehead atoms. The molecule has 0 aromatic rings. The van der Waals surface area contributed by atoms with Crippen molar-refractivity contribution in [3.8, 4) is 0 Å². The van der Waals surface area contributed by atoms with E-state index in [1.165, 1.54) is 0 Å². The number of hydrogen-bond donors (Lipinski definition) is 1. The lowest BCUT2D eigenvalue weighted by Gasteiger charge is -2.16. The van der Waals surface area contributed by atoms with Crippen molar-refractivity contribution in [1.29, 1.82) is 0 Å². The molecule has 2 unspecified atom stereocenters. The highest BCUT2D eigenvalue weighted by molar-refractivity contribution is 7.92. The minimum Gasteiger partial charge on any atom is -0.330 e. The first kappa shape index (κ1) is 11.9. The standard InChI is InChI=1S/C8H19NO2S/c1-4-7(2)12(10,11)8(3)5-6-9/h7-8H,4-6,9H2,1-3H3. The molecule has 0 aromatic heterocycles. The minimum absolute atomic E-state index is 0.237. The van der Waals surface area contributed by atoms with E-state index in [0.29, 0.717) is 19.4 Å². The van der Waals surface area contributed by atoms with Crippen molar-refractivity contribution in [3.63, 3.8) is 0 Å². The van der Waals surface area contributed by atoms with Crippen LogP contribution in [0.15, 0.2) is 0 Å². The van der Waals surface area contributed by atoms with Crippen LogP contribution < -0.4 is 5.73 Å². The number of nitrogens with two attached hydrogens (primary N) is 1. The molecule has 74 valence electrons. The number of rotatable bonds is 5. The third-order valence-electron chi connectivity index (χ3n) is 2.27. The Bertz CT molecular complexity index is 211. The fraction of sp³-hybridized carbons (Fsp3) is 1.00. The summed E-state index contributed by atoms with van der Waals surface area (Å²) in [6.45, 7) is 5.81. The van der Waals surface area contributed by atoms with Gasteiger partial charge in [-0.1, -0.05) is 6.92 Å². The lowest BCUT2D eigenvalue weighted by atomic mass is 10.3. The van der Waals surface area contributed by atoms with Crippen LogP contribution in [0.4, 0.5) is 0 Å². The van der Waals surface area contributed by atoms with E-state index in [4.69, 9.17) is 5.73 Å². The van der Waals surface area contributed by atoms with Crippen LogP contribution in [-0.2, 0) is 9.84 Å². The average molecular weight is 193 g/mol. The topological polar surface area (TPSA) is 60.2 Å². The van der Waals surface area contributed by atoms with Gasteiger partial charge >= 0.3 is 0 Å². The molecule has 0 aliphatic carbocycles. The first-order valence-electron chi connectivity index (χ1n) is 4.39. The van der Waals surface area contributed by atoms with Gasteiger partial charge in [-0.2, -0.15) is 0 Å². The summed E-state index contributed by atoms with van der Waals surface area (Å²) in [5, 5.41) is -0.531. The van der Waals surface area contributed by atoms with Crippen LogP contribution in [0.25, 0.3) is 0 Å². The Hall–Kier alpha value is -0.0900. The summed E-state index contributed by atoms with van der Waals surface area (Å²) in [6, 6.07) is 0. The molecule has 4 heteroatoms. The zero-order valence-electron chi connectivity index (χ0n) is 8.08. The second kappa shape index (κ2) is 4.82. The molecule has 0 saturated heterocycles. The zero-order valence-corrected chi connectivity index (χ0v) is 8.89. The molecule has 0 heterocycles. The Morgan fingerprint density at radius 3 is 2.08 bits per heavy atom. The summed E-state index contributed by atoms with van der Waals surface area (Å²) in [6.07, 6.45) is 1.24. The second-order valence-electron chi connectivity index (χ2n) is 3.20. The van der Waals surface area contributed by atoms with Gasteiger partial charge in [0.25, 0.3) is 0 Å². The largest absolute Gasteiger partial charge is 0.330 e. The van der Waals surface area contributed by atoms with Gasteiger partial charge in [0.05, 0.1) is 10.5 Å². The van der Waals surface area contributed by atoms with Gasteiger partial charge in [-0.15, -0.1) is 0 Å². The van der Waals surface area contributed by atoms with Crippen molar-refractivity contribution in [1.82, 2.24) is 0 Å². The van der Waals surface area contributed by atoms with Gasteiger partial charge < -0.3 is 5.73 Å². The SMILES string of the molecule is CCC(C)S(=O)(=O)C(C)CCN. The van der Waals surface area contributed by atoms with E-state index in [9.17, 15) is 8.42 Å². The van der Waals surface area contributed by atoms with E-state index >= 15 is 0 Å². The van der Waals surface area contributed by atoms with E-state index < -0.39 is 9.84 Å². The van der Waals surface area contributed by atoms with E-state index in [1.54, 1.807) is 13.8 Å². The predicted molar refractivity (Wildman–Crippen MR) is 51.8 cm³/mol. The number of hydrogen-bond acceptors (Lipinski definition) is 3. The summed E-state index contributed by atoms with van der Waals surface area (Å²) >= 11 is 0. The fourth-order valence-electron chi connectivity index (χ4n) is 1.03. The molecule has 0 saturated carbocycles. The monoisotopic (exact) mass is 193 g/mol. The van der Waals surface area contributed by atoms with Gasteiger partial charge in [0.2, 0.25) is 0 Å². The first-order valence-corrected chi connectivity index (χ1v) is 6.00. The maximum absolute atomic E-state index is 11.6. The summed E-state index contributed by atoms with van der Waals surface area (Å²) in [4.78, 5) is 0. The van der Waals surface area contributed by atoms with Crippen LogP contribution >= 0.6 is 0 Å². The van der Waals surface area contributed by atoms with Crippen LogP contribution in [0.1, 0.15) is 33.6 Å². The molecular weight excluding hydrogens is 174 g/mol. The minimum atomic E-state index is -2.93. The van der Waals surface area contributed by atoms with Gasteiger partial charge in [0.15, 0.2) is 9.84 Å². The van der Waals surface area contributed by atoms with Crippen molar-refractivity contribution in [3.05, 3.63) is 0 Å². The van der Waals surface area contributed by atoms with Crippen LogP contribution in [0, 0.1) is 0 Å². The van der Waals surface area contributed by atoms with Gasteiger partial charge in [0.1, 0.15) is 0 Å². The van der Waals surface area contributed by atoms with E-state index in [-0.39, 0.29) is 10.5 Å². The molecule has 2 N–H and O–H groups in total. The second-order valence-corrected chi connectivity index (χ2v) is 5.98. The van der Waals surface area contributed by atoms with Crippen LogP contribution in [0.5, 0.6) is 0 Å². The average Bonchev–Trinajstić information content (AvgIpc) is 2.03. The summed E-state index contributed by atoms with van der Waals surface area (Å²) in [5.74, 6) is 0. The zero-order chi connectivity index (χ0) is 9.78. The molecule has 0 aromatic carbocycles. The molecule has 0 rings (SSSR count). The van der Waals surface area contributed by atoms with E-state index in [2.05, 4.69) is 0 Å². The Balaban J connectivity index is 4.39. The molecule has 0 radical (unpaired) electrons. The smallest absolute Gasteiger partial charge is 0.155 e. The normalized spacial score (nSPS) is 17.3. The van der Waals surface area contributed by atoms with Gasteiger partial charge in [0, 0.05) is 0 Å². The third kappa shape index (κ3) is 2.75. The Labute approximate surface area is 75.3 Å². The van der Waals surface area contributed by atoms with E-state index in [1.807, 2.05) is 6.92 Å².